The summed E-state index contributed by atoms with van der Waals surface area (Å²) in [6.07, 6.45) is 6.23. The average molecular weight is 444 g/mol. The summed E-state index contributed by atoms with van der Waals surface area (Å²) in [4.78, 5) is 35.5. The molecule has 1 aliphatic rings. The van der Waals surface area contributed by atoms with Crippen LogP contribution < -0.4 is 15.5 Å². The van der Waals surface area contributed by atoms with E-state index in [9.17, 15) is 9.59 Å². The minimum atomic E-state index is -0.313. The van der Waals surface area contributed by atoms with Crippen LogP contribution in [0.3, 0.4) is 0 Å². The highest BCUT2D eigenvalue weighted by Crippen LogP contribution is 2.14. The van der Waals surface area contributed by atoms with E-state index in [1.165, 1.54) is 6.08 Å². The number of morpholine rings is 1. The van der Waals surface area contributed by atoms with Gasteiger partial charge in [-0.3, -0.25) is 9.59 Å². The normalized spacial score (nSPS) is 13.7. The van der Waals surface area contributed by atoms with E-state index in [-0.39, 0.29) is 11.8 Å². The van der Waals surface area contributed by atoms with Gasteiger partial charge >= 0.3 is 0 Å². The monoisotopic (exact) mass is 443 g/mol. The fraction of sp³-hybridized carbons (Fsp3) is 0.200. The van der Waals surface area contributed by atoms with Crippen molar-refractivity contribution >= 4 is 35.2 Å². The van der Waals surface area contributed by atoms with Gasteiger partial charge in [0.15, 0.2) is 0 Å². The molecule has 4 rings (SSSR count). The van der Waals surface area contributed by atoms with Gasteiger partial charge in [-0.2, -0.15) is 0 Å². The van der Waals surface area contributed by atoms with Gasteiger partial charge in [-0.15, -0.1) is 0 Å². The minimum Gasteiger partial charge on any atom is -0.378 e. The highest BCUT2D eigenvalue weighted by Gasteiger charge is 2.13. The van der Waals surface area contributed by atoms with Crippen LogP contribution in [-0.2, 0) is 9.53 Å². The van der Waals surface area contributed by atoms with Gasteiger partial charge in [0.2, 0.25) is 11.9 Å². The first-order valence-electron chi connectivity index (χ1n) is 10.7. The zero-order chi connectivity index (χ0) is 23.0. The highest BCUT2D eigenvalue weighted by molar-refractivity contribution is 6.05. The van der Waals surface area contributed by atoms with Crippen LogP contribution in [0.4, 0.5) is 17.3 Å². The molecular formula is C25H25N5O3. The highest BCUT2D eigenvalue weighted by atomic mass is 16.5. The van der Waals surface area contributed by atoms with Crippen molar-refractivity contribution in [1.82, 2.24) is 9.97 Å². The van der Waals surface area contributed by atoms with Gasteiger partial charge in [0.1, 0.15) is 0 Å². The Bertz CT molecular complexity index is 1150. The van der Waals surface area contributed by atoms with Crippen molar-refractivity contribution in [2.45, 2.75) is 6.92 Å². The number of ether oxygens (including phenoxy) is 1. The number of carbonyl (C=O) groups excluding carboxylic acids is 2. The SMILES string of the molecule is Cc1cccc(NC(=O)c2cccc(/C=C/C(=O)Nc3cnc(N4CCOCC4)nc3)c2)c1. The lowest BCUT2D eigenvalue weighted by Crippen LogP contribution is -2.37. The Morgan fingerprint density at radius 2 is 1.73 bits per heavy atom. The average Bonchev–Trinajstić information content (AvgIpc) is 2.84. The first-order valence-corrected chi connectivity index (χ1v) is 10.7. The van der Waals surface area contributed by atoms with Crippen molar-refractivity contribution in [1.29, 1.82) is 0 Å². The fourth-order valence-electron chi connectivity index (χ4n) is 3.38. The van der Waals surface area contributed by atoms with Crippen molar-refractivity contribution in [2.75, 3.05) is 41.8 Å². The van der Waals surface area contributed by atoms with Gasteiger partial charge in [0.25, 0.3) is 5.91 Å². The molecule has 1 fully saturated rings. The molecule has 0 unspecified atom stereocenters. The van der Waals surface area contributed by atoms with Crippen LogP contribution in [0.1, 0.15) is 21.5 Å². The summed E-state index contributed by atoms with van der Waals surface area (Å²) in [5, 5.41) is 5.63. The van der Waals surface area contributed by atoms with E-state index in [0.717, 1.165) is 29.9 Å². The summed E-state index contributed by atoms with van der Waals surface area (Å²) >= 11 is 0. The van der Waals surface area contributed by atoms with E-state index < -0.39 is 0 Å². The van der Waals surface area contributed by atoms with Crippen LogP contribution in [0, 0.1) is 6.92 Å². The second-order valence-corrected chi connectivity index (χ2v) is 7.64. The number of aryl methyl sites for hydroxylation is 1. The van der Waals surface area contributed by atoms with Gasteiger partial charge in [0.05, 0.1) is 31.3 Å². The third-order valence-electron chi connectivity index (χ3n) is 5.05. The zero-order valence-corrected chi connectivity index (χ0v) is 18.3. The molecule has 3 aromatic rings. The van der Waals surface area contributed by atoms with Crippen LogP contribution in [-0.4, -0.2) is 48.1 Å². The molecule has 33 heavy (non-hydrogen) atoms. The molecule has 0 atom stereocenters. The van der Waals surface area contributed by atoms with Gasteiger partial charge in [-0.05, 0) is 48.4 Å². The second-order valence-electron chi connectivity index (χ2n) is 7.64. The summed E-state index contributed by atoms with van der Waals surface area (Å²) in [5.74, 6) is 0.0951. The number of anilines is 3. The van der Waals surface area contributed by atoms with Crippen molar-refractivity contribution in [3.05, 3.63) is 83.7 Å². The maximum absolute atomic E-state index is 12.6. The molecule has 0 aliphatic carbocycles. The molecule has 168 valence electrons. The van der Waals surface area contributed by atoms with Crippen molar-refractivity contribution < 1.29 is 14.3 Å². The molecule has 8 heteroatoms. The predicted octanol–water partition coefficient (Wildman–Crippen LogP) is 3.53. The number of aromatic nitrogens is 2. The van der Waals surface area contributed by atoms with E-state index in [1.807, 2.05) is 42.2 Å². The fourth-order valence-corrected chi connectivity index (χ4v) is 3.38. The first-order chi connectivity index (χ1) is 16.1. The smallest absolute Gasteiger partial charge is 0.255 e. The molecule has 1 aliphatic heterocycles. The Labute approximate surface area is 192 Å². The molecule has 2 N–H and O–H groups in total. The van der Waals surface area contributed by atoms with Crippen LogP contribution >= 0.6 is 0 Å². The van der Waals surface area contributed by atoms with E-state index >= 15 is 0 Å². The molecule has 1 saturated heterocycles. The van der Waals surface area contributed by atoms with Gasteiger partial charge in [-0.25, -0.2) is 9.97 Å². The summed E-state index contributed by atoms with van der Waals surface area (Å²) in [6.45, 7) is 4.77. The molecule has 0 saturated carbocycles. The van der Waals surface area contributed by atoms with Crippen molar-refractivity contribution in [3.8, 4) is 0 Å². The standard InChI is InChI=1S/C25H25N5O3/c1-18-4-2-7-21(14-18)29-24(32)20-6-3-5-19(15-20)8-9-23(31)28-22-16-26-25(27-17-22)30-10-12-33-13-11-30/h2-9,14-17H,10-13H2,1H3,(H,28,31)(H,29,32)/b9-8+. The number of hydrogen-bond acceptors (Lipinski definition) is 6. The van der Waals surface area contributed by atoms with Crippen LogP contribution in [0.15, 0.2) is 67.0 Å². The number of benzene rings is 2. The third kappa shape index (κ3) is 6.24. The van der Waals surface area contributed by atoms with Gasteiger partial charge in [-0.1, -0.05) is 24.3 Å². The minimum absolute atomic E-state index is 0.210. The van der Waals surface area contributed by atoms with Crippen LogP contribution in [0.2, 0.25) is 0 Å². The van der Waals surface area contributed by atoms with Crippen molar-refractivity contribution in [2.24, 2.45) is 0 Å². The Balaban J connectivity index is 1.34. The Morgan fingerprint density at radius 1 is 0.970 bits per heavy atom. The molecule has 8 nitrogen and oxygen atoms in total. The summed E-state index contributed by atoms with van der Waals surface area (Å²) in [6, 6.07) is 14.7. The zero-order valence-electron chi connectivity index (χ0n) is 18.3. The van der Waals surface area contributed by atoms with E-state index in [1.54, 1.807) is 36.7 Å². The molecule has 0 spiro atoms. The topological polar surface area (TPSA) is 96.5 Å². The number of nitrogens with zero attached hydrogens (tertiary/aromatic N) is 3. The maximum Gasteiger partial charge on any atom is 0.255 e. The molecule has 0 radical (unpaired) electrons. The summed E-state index contributed by atoms with van der Waals surface area (Å²) in [5.41, 5.74) is 3.55. The van der Waals surface area contributed by atoms with E-state index in [4.69, 9.17) is 4.74 Å². The number of amides is 2. The van der Waals surface area contributed by atoms with E-state index in [0.29, 0.717) is 30.4 Å². The maximum atomic E-state index is 12.6. The molecule has 0 bridgehead atoms. The predicted molar refractivity (Wildman–Crippen MR) is 128 cm³/mol. The molecule has 1 aromatic heterocycles. The van der Waals surface area contributed by atoms with Crippen LogP contribution in [0.5, 0.6) is 0 Å². The van der Waals surface area contributed by atoms with E-state index in [2.05, 4.69) is 20.6 Å². The van der Waals surface area contributed by atoms with Crippen molar-refractivity contribution in [3.63, 3.8) is 0 Å². The Morgan fingerprint density at radius 3 is 2.48 bits per heavy atom. The number of nitrogens with one attached hydrogen (secondary N) is 2. The lowest BCUT2D eigenvalue weighted by Gasteiger charge is -2.26. The molecule has 2 amide bonds. The molecular weight excluding hydrogens is 418 g/mol. The van der Waals surface area contributed by atoms with Gasteiger partial charge < -0.3 is 20.3 Å². The quantitative estimate of drug-likeness (QED) is 0.566. The first kappa shape index (κ1) is 22.2. The summed E-state index contributed by atoms with van der Waals surface area (Å²) < 4.78 is 5.33. The molecule has 2 aromatic carbocycles. The lowest BCUT2D eigenvalue weighted by atomic mass is 10.1. The largest absolute Gasteiger partial charge is 0.378 e. The third-order valence-corrected chi connectivity index (χ3v) is 5.05. The molecule has 2 heterocycles. The summed E-state index contributed by atoms with van der Waals surface area (Å²) in [7, 11) is 0. The second kappa shape index (κ2) is 10.5. The lowest BCUT2D eigenvalue weighted by molar-refractivity contribution is -0.111. The number of carbonyl (C=O) groups is 2. The Kier molecular flexibility index (Phi) is 7.06. The number of rotatable bonds is 6. The number of hydrogen-bond donors (Lipinski definition) is 2. The van der Waals surface area contributed by atoms with Gasteiger partial charge in [0, 0.05) is 30.4 Å². The Hall–Kier alpha value is -4.04. The van der Waals surface area contributed by atoms with Crippen LogP contribution in [0.25, 0.3) is 6.08 Å².